The lowest BCUT2D eigenvalue weighted by Gasteiger charge is -2.35. The van der Waals surface area contributed by atoms with E-state index in [0.29, 0.717) is 18.1 Å². The summed E-state index contributed by atoms with van der Waals surface area (Å²) in [4.78, 5) is 6.17. The maximum absolute atomic E-state index is 9.99. The van der Waals surface area contributed by atoms with E-state index in [1.165, 1.54) is 4.88 Å². The maximum atomic E-state index is 9.99. The smallest absolute Gasteiger partial charge is 0.119 e. The zero-order valence-electron chi connectivity index (χ0n) is 18.6. The molecule has 1 aromatic heterocycles. The van der Waals surface area contributed by atoms with Gasteiger partial charge >= 0.3 is 0 Å². The van der Waals surface area contributed by atoms with Crippen molar-refractivity contribution in [3.8, 4) is 17.9 Å². The molecule has 0 N–H and O–H groups in total. The molecule has 2 aromatic rings. The number of hydrogen-bond acceptors (Lipinski definition) is 6. The number of benzene rings is 1. The van der Waals surface area contributed by atoms with Crippen LogP contribution in [0.3, 0.4) is 0 Å². The SMILES string of the molecule is CC(C)C(C#N)(CCCN1CCN(CCOc2ccc(C#N)cc2)CC1)c1cccs1. The Morgan fingerprint density at radius 1 is 1.03 bits per heavy atom. The molecule has 0 bridgehead atoms. The first-order valence-electron chi connectivity index (χ1n) is 11.1. The van der Waals surface area contributed by atoms with Crippen LogP contribution in [0, 0.1) is 28.6 Å². The van der Waals surface area contributed by atoms with Gasteiger partial charge in [-0.1, -0.05) is 19.9 Å². The molecule has 6 heteroatoms. The van der Waals surface area contributed by atoms with Crippen LogP contribution in [0.5, 0.6) is 5.75 Å². The third-order valence-electron chi connectivity index (χ3n) is 6.32. The maximum Gasteiger partial charge on any atom is 0.119 e. The predicted octanol–water partition coefficient (Wildman–Crippen LogP) is 4.51. The van der Waals surface area contributed by atoms with Gasteiger partial charge in [0, 0.05) is 37.6 Å². The fraction of sp³-hybridized carbons (Fsp3) is 0.520. The summed E-state index contributed by atoms with van der Waals surface area (Å²) < 4.78 is 5.81. The third-order valence-corrected chi connectivity index (χ3v) is 7.36. The number of ether oxygens (including phenoxy) is 1. The van der Waals surface area contributed by atoms with Crippen molar-refractivity contribution in [2.45, 2.75) is 32.1 Å². The zero-order chi connectivity index (χ0) is 22.1. The van der Waals surface area contributed by atoms with E-state index >= 15 is 0 Å². The number of thiophene rings is 1. The molecule has 5 nitrogen and oxygen atoms in total. The van der Waals surface area contributed by atoms with Gasteiger partial charge < -0.3 is 9.64 Å². The molecule has 31 heavy (non-hydrogen) atoms. The minimum atomic E-state index is -0.362. The largest absolute Gasteiger partial charge is 0.492 e. The summed E-state index contributed by atoms with van der Waals surface area (Å²) in [6.07, 6.45) is 1.96. The highest BCUT2D eigenvalue weighted by molar-refractivity contribution is 7.10. The Morgan fingerprint density at radius 2 is 1.71 bits per heavy atom. The summed E-state index contributed by atoms with van der Waals surface area (Å²) in [5, 5.41) is 20.9. The minimum Gasteiger partial charge on any atom is -0.492 e. The molecule has 0 radical (unpaired) electrons. The lowest BCUT2D eigenvalue weighted by molar-refractivity contribution is 0.114. The Hall–Kier alpha value is -2.38. The summed E-state index contributed by atoms with van der Waals surface area (Å²) in [7, 11) is 0. The van der Waals surface area contributed by atoms with Crippen molar-refractivity contribution in [1.82, 2.24) is 9.80 Å². The third kappa shape index (κ3) is 6.08. The summed E-state index contributed by atoms with van der Waals surface area (Å²) in [6, 6.07) is 16.2. The molecule has 1 unspecified atom stereocenters. The fourth-order valence-electron chi connectivity index (χ4n) is 4.21. The summed E-state index contributed by atoms with van der Waals surface area (Å²) in [5.41, 5.74) is 0.290. The Morgan fingerprint density at radius 3 is 2.26 bits per heavy atom. The van der Waals surface area contributed by atoms with Gasteiger partial charge in [-0.05, 0) is 61.0 Å². The van der Waals surface area contributed by atoms with Gasteiger partial charge in [0.2, 0.25) is 0 Å². The van der Waals surface area contributed by atoms with E-state index in [-0.39, 0.29) is 5.41 Å². The molecule has 3 rings (SSSR count). The second-order valence-corrected chi connectivity index (χ2v) is 9.43. The molecule has 0 aliphatic carbocycles. The normalized spacial score (nSPS) is 17.1. The van der Waals surface area contributed by atoms with Crippen LogP contribution in [-0.2, 0) is 5.41 Å². The monoisotopic (exact) mass is 436 g/mol. The molecule has 1 aromatic carbocycles. The van der Waals surface area contributed by atoms with Gasteiger partial charge in [-0.25, -0.2) is 0 Å². The molecular weight excluding hydrogens is 404 g/mol. The van der Waals surface area contributed by atoms with Gasteiger partial charge in [-0.2, -0.15) is 10.5 Å². The van der Waals surface area contributed by atoms with Crippen LogP contribution in [0.15, 0.2) is 41.8 Å². The number of hydrogen-bond donors (Lipinski definition) is 0. The van der Waals surface area contributed by atoms with E-state index in [0.717, 1.165) is 57.9 Å². The number of nitrogens with zero attached hydrogens (tertiary/aromatic N) is 4. The van der Waals surface area contributed by atoms with Crippen molar-refractivity contribution in [2.75, 3.05) is 45.9 Å². The first-order valence-corrected chi connectivity index (χ1v) is 12.0. The molecule has 1 aliphatic rings. The van der Waals surface area contributed by atoms with Crippen LogP contribution < -0.4 is 4.74 Å². The first-order chi connectivity index (χ1) is 15.1. The van der Waals surface area contributed by atoms with Gasteiger partial charge in [0.25, 0.3) is 0 Å². The van der Waals surface area contributed by atoms with Gasteiger partial charge in [0.05, 0.1) is 23.1 Å². The average molecular weight is 437 g/mol. The summed E-state index contributed by atoms with van der Waals surface area (Å²) in [5.74, 6) is 1.12. The van der Waals surface area contributed by atoms with Crippen LogP contribution in [-0.4, -0.2) is 55.7 Å². The quantitative estimate of drug-likeness (QED) is 0.548. The molecule has 2 heterocycles. The van der Waals surface area contributed by atoms with Crippen molar-refractivity contribution < 1.29 is 4.74 Å². The average Bonchev–Trinajstić information content (AvgIpc) is 3.33. The molecule has 1 saturated heterocycles. The Balaban J connectivity index is 1.37. The number of rotatable bonds is 10. The second-order valence-electron chi connectivity index (χ2n) is 8.49. The van der Waals surface area contributed by atoms with Crippen molar-refractivity contribution in [3.05, 3.63) is 52.2 Å². The molecule has 0 spiro atoms. The van der Waals surface area contributed by atoms with Crippen LogP contribution in [0.2, 0.25) is 0 Å². The molecule has 164 valence electrons. The number of nitriles is 2. The fourth-order valence-corrected chi connectivity index (χ4v) is 5.26. The molecule has 0 amide bonds. The van der Waals surface area contributed by atoms with E-state index in [1.807, 2.05) is 12.1 Å². The summed E-state index contributed by atoms with van der Waals surface area (Å²) >= 11 is 1.71. The van der Waals surface area contributed by atoms with Gasteiger partial charge in [-0.15, -0.1) is 11.3 Å². The van der Waals surface area contributed by atoms with Crippen LogP contribution in [0.25, 0.3) is 0 Å². The van der Waals surface area contributed by atoms with Crippen LogP contribution >= 0.6 is 11.3 Å². The lowest BCUT2D eigenvalue weighted by atomic mass is 9.73. The zero-order valence-corrected chi connectivity index (χ0v) is 19.4. The number of piperazine rings is 1. The van der Waals surface area contributed by atoms with Crippen LogP contribution in [0.1, 0.15) is 37.1 Å². The minimum absolute atomic E-state index is 0.309. The Kier molecular flexibility index (Phi) is 8.49. The van der Waals surface area contributed by atoms with Crippen LogP contribution in [0.4, 0.5) is 0 Å². The first kappa shape index (κ1) is 23.3. The van der Waals surface area contributed by atoms with E-state index in [4.69, 9.17) is 10.00 Å². The van der Waals surface area contributed by atoms with Crippen molar-refractivity contribution in [1.29, 1.82) is 10.5 Å². The molecular formula is C25H32N4OS. The van der Waals surface area contributed by atoms with Crippen molar-refractivity contribution in [2.24, 2.45) is 5.92 Å². The second kappa shape index (κ2) is 11.3. The summed E-state index contributed by atoms with van der Waals surface area (Å²) in [6.45, 7) is 11.2. The van der Waals surface area contributed by atoms with Gasteiger partial charge in [0.1, 0.15) is 12.4 Å². The molecule has 1 fully saturated rings. The highest BCUT2D eigenvalue weighted by Crippen LogP contribution is 2.39. The Bertz CT molecular complexity index is 874. The van der Waals surface area contributed by atoms with E-state index in [2.05, 4.69) is 53.3 Å². The standard InChI is InChI=1S/C25H32N4OS/c1-21(2)25(20-27,24-5-3-18-31-24)10-4-11-28-12-14-29(15-13-28)16-17-30-23-8-6-22(19-26)7-9-23/h3,5-9,18,21H,4,10-17H2,1-2H3. The van der Waals surface area contributed by atoms with E-state index in [9.17, 15) is 5.26 Å². The van der Waals surface area contributed by atoms with E-state index in [1.54, 1.807) is 23.5 Å². The molecule has 0 saturated carbocycles. The highest BCUT2D eigenvalue weighted by atomic mass is 32.1. The van der Waals surface area contributed by atoms with Gasteiger partial charge in [-0.3, -0.25) is 4.90 Å². The van der Waals surface area contributed by atoms with Gasteiger partial charge in [0.15, 0.2) is 0 Å². The molecule has 1 atom stereocenters. The Labute approximate surface area is 190 Å². The predicted molar refractivity (Wildman–Crippen MR) is 125 cm³/mol. The van der Waals surface area contributed by atoms with E-state index < -0.39 is 0 Å². The van der Waals surface area contributed by atoms with Crippen molar-refractivity contribution >= 4 is 11.3 Å². The molecule has 1 aliphatic heterocycles. The highest BCUT2D eigenvalue weighted by Gasteiger charge is 2.36. The van der Waals surface area contributed by atoms with Crippen molar-refractivity contribution in [3.63, 3.8) is 0 Å². The lowest BCUT2D eigenvalue weighted by Crippen LogP contribution is -2.47. The topological polar surface area (TPSA) is 63.3 Å².